The third-order valence-electron chi connectivity index (χ3n) is 2.61. The Balaban J connectivity index is 2.34. The van der Waals surface area contributed by atoms with Gasteiger partial charge in [-0.2, -0.15) is 13.2 Å². The number of hydrogen-bond donors (Lipinski definition) is 0. The van der Waals surface area contributed by atoms with Gasteiger partial charge in [0.2, 0.25) is 0 Å². The summed E-state index contributed by atoms with van der Waals surface area (Å²) in [6.45, 7) is 4.62. The molecule has 1 rings (SSSR count). The van der Waals surface area contributed by atoms with Crippen LogP contribution in [0.2, 0.25) is 0 Å². The van der Waals surface area contributed by atoms with Gasteiger partial charge in [0, 0.05) is 0 Å². The fourth-order valence-electron chi connectivity index (χ4n) is 1.57. The summed E-state index contributed by atoms with van der Waals surface area (Å²) in [5.41, 5.74) is 0.224. The Bertz CT molecular complexity index is 164. The minimum absolute atomic E-state index is 0.224. The summed E-state index contributed by atoms with van der Waals surface area (Å²) in [4.78, 5) is 1.49. The van der Waals surface area contributed by atoms with Crippen LogP contribution in [0.15, 0.2) is 0 Å². The predicted molar refractivity (Wildman–Crippen MR) is 45.5 cm³/mol. The Morgan fingerprint density at radius 3 is 2.00 bits per heavy atom. The number of halogens is 3. The fourth-order valence-corrected chi connectivity index (χ4v) is 1.57. The van der Waals surface area contributed by atoms with Gasteiger partial charge in [-0.25, -0.2) is 0 Å². The van der Waals surface area contributed by atoms with Gasteiger partial charge in [-0.05, 0) is 31.3 Å². The maximum atomic E-state index is 12.0. The zero-order valence-electron chi connectivity index (χ0n) is 8.12. The second kappa shape index (κ2) is 3.48. The summed E-state index contributed by atoms with van der Waals surface area (Å²) in [5, 5.41) is 0. The number of rotatable bonds is 1. The molecule has 78 valence electrons. The molecule has 0 atom stereocenters. The molecule has 0 unspecified atom stereocenters. The molecule has 0 bridgehead atoms. The van der Waals surface area contributed by atoms with Crippen LogP contribution < -0.4 is 0 Å². The van der Waals surface area contributed by atoms with Crippen LogP contribution in [0, 0.1) is 5.41 Å². The molecule has 1 aliphatic rings. The SMILES string of the molecule is CC1(C)CCN(CC(F)(F)F)CC1. The summed E-state index contributed by atoms with van der Waals surface area (Å²) in [5.74, 6) is 0. The zero-order valence-corrected chi connectivity index (χ0v) is 8.12. The van der Waals surface area contributed by atoms with E-state index in [1.54, 1.807) is 0 Å². The first-order valence-electron chi connectivity index (χ1n) is 4.58. The van der Waals surface area contributed by atoms with Crippen molar-refractivity contribution in [2.75, 3.05) is 19.6 Å². The zero-order chi connectivity index (χ0) is 10.1. The molecule has 0 aromatic heterocycles. The molecule has 0 radical (unpaired) electrons. The molecule has 1 saturated heterocycles. The first-order chi connectivity index (χ1) is 5.79. The van der Waals surface area contributed by atoms with Crippen molar-refractivity contribution in [3.05, 3.63) is 0 Å². The van der Waals surface area contributed by atoms with Crippen molar-refractivity contribution < 1.29 is 13.2 Å². The van der Waals surface area contributed by atoms with Gasteiger partial charge in [0.1, 0.15) is 0 Å². The molecule has 1 heterocycles. The number of hydrogen-bond acceptors (Lipinski definition) is 1. The van der Waals surface area contributed by atoms with E-state index in [1.165, 1.54) is 4.90 Å². The Hall–Kier alpha value is -0.250. The quantitative estimate of drug-likeness (QED) is 0.621. The van der Waals surface area contributed by atoms with Gasteiger partial charge >= 0.3 is 6.18 Å². The molecule has 1 aliphatic heterocycles. The number of likely N-dealkylation sites (tertiary alicyclic amines) is 1. The Morgan fingerprint density at radius 1 is 1.15 bits per heavy atom. The lowest BCUT2D eigenvalue weighted by molar-refractivity contribution is -0.150. The highest BCUT2D eigenvalue weighted by molar-refractivity contribution is 4.79. The molecule has 1 nitrogen and oxygen atoms in total. The lowest BCUT2D eigenvalue weighted by atomic mass is 9.83. The van der Waals surface area contributed by atoms with Gasteiger partial charge < -0.3 is 0 Å². The maximum Gasteiger partial charge on any atom is 0.401 e. The molecule has 0 saturated carbocycles. The number of piperidine rings is 1. The fraction of sp³-hybridized carbons (Fsp3) is 1.00. The van der Waals surface area contributed by atoms with E-state index in [9.17, 15) is 13.2 Å². The first kappa shape index (κ1) is 10.8. The van der Waals surface area contributed by atoms with E-state index in [0.29, 0.717) is 13.1 Å². The van der Waals surface area contributed by atoms with Crippen molar-refractivity contribution in [1.29, 1.82) is 0 Å². The first-order valence-corrected chi connectivity index (χ1v) is 4.58. The van der Waals surface area contributed by atoms with E-state index < -0.39 is 12.7 Å². The van der Waals surface area contributed by atoms with Crippen LogP contribution in [0.3, 0.4) is 0 Å². The monoisotopic (exact) mass is 195 g/mol. The minimum Gasteiger partial charge on any atom is -0.295 e. The summed E-state index contributed by atoms with van der Waals surface area (Å²) >= 11 is 0. The lowest BCUT2D eigenvalue weighted by Gasteiger charge is -2.37. The van der Waals surface area contributed by atoms with Gasteiger partial charge in [0.25, 0.3) is 0 Å². The van der Waals surface area contributed by atoms with Gasteiger partial charge in [-0.15, -0.1) is 0 Å². The van der Waals surface area contributed by atoms with Crippen molar-refractivity contribution in [2.45, 2.75) is 32.9 Å². The maximum absolute atomic E-state index is 12.0. The smallest absolute Gasteiger partial charge is 0.295 e. The summed E-state index contributed by atoms with van der Waals surface area (Å²) < 4.78 is 36.0. The highest BCUT2D eigenvalue weighted by atomic mass is 19.4. The van der Waals surface area contributed by atoms with E-state index in [4.69, 9.17) is 0 Å². The van der Waals surface area contributed by atoms with Crippen molar-refractivity contribution in [3.8, 4) is 0 Å². The minimum atomic E-state index is -4.04. The van der Waals surface area contributed by atoms with E-state index in [1.807, 2.05) is 0 Å². The third kappa shape index (κ3) is 3.98. The van der Waals surface area contributed by atoms with Crippen LogP contribution in [0.4, 0.5) is 13.2 Å². The van der Waals surface area contributed by atoms with Crippen molar-refractivity contribution >= 4 is 0 Å². The van der Waals surface area contributed by atoms with Gasteiger partial charge in [0.05, 0.1) is 6.54 Å². The lowest BCUT2D eigenvalue weighted by Crippen LogP contribution is -2.42. The predicted octanol–water partition coefficient (Wildman–Crippen LogP) is 2.67. The molecule has 13 heavy (non-hydrogen) atoms. The van der Waals surface area contributed by atoms with Gasteiger partial charge in [-0.1, -0.05) is 13.8 Å². The highest BCUT2D eigenvalue weighted by Crippen LogP contribution is 2.30. The molecule has 0 aliphatic carbocycles. The van der Waals surface area contributed by atoms with Crippen molar-refractivity contribution in [1.82, 2.24) is 4.90 Å². The molecule has 0 spiro atoms. The van der Waals surface area contributed by atoms with E-state index in [-0.39, 0.29) is 5.41 Å². The number of nitrogens with zero attached hydrogens (tertiary/aromatic N) is 1. The molecular weight excluding hydrogens is 179 g/mol. The average molecular weight is 195 g/mol. The summed E-state index contributed by atoms with van der Waals surface area (Å²) in [7, 11) is 0. The van der Waals surface area contributed by atoms with Crippen molar-refractivity contribution in [2.24, 2.45) is 5.41 Å². The Kier molecular flexibility index (Phi) is 2.90. The van der Waals surface area contributed by atoms with Gasteiger partial charge in [0.15, 0.2) is 0 Å². The standard InChI is InChI=1S/C9H16F3N/c1-8(2)3-5-13(6-4-8)7-9(10,11)12/h3-7H2,1-2H3. The molecule has 1 fully saturated rings. The summed E-state index contributed by atoms with van der Waals surface area (Å²) in [6.07, 6.45) is -2.31. The van der Waals surface area contributed by atoms with Crippen LogP contribution in [0.5, 0.6) is 0 Å². The molecule has 0 N–H and O–H groups in total. The number of alkyl halides is 3. The van der Waals surface area contributed by atoms with E-state index >= 15 is 0 Å². The Morgan fingerprint density at radius 2 is 1.62 bits per heavy atom. The van der Waals surface area contributed by atoms with Crippen LogP contribution in [-0.2, 0) is 0 Å². The van der Waals surface area contributed by atoms with Crippen LogP contribution in [-0.4, -0.2) is 30.7 Å². The molecule has 4 heteroatoms. The second-order valence-corrected chi connectivity index (χ2v) is 4.56. The molecule has 0 aromatic carbocycles. The highest BCUT2D eigenvalue weighted by Gasteiger charge is 2.34. The third-order valence-corrected chi connectivity index (χ3v) is 2.61. The average Bonchev–Trinajstić information content (AvgIpc) is 1.91. The van der Waals surface area contributed by atoms with Crippen LogP contribution in [0.25, 0.3) is 0 Å². The van der Waals surface area contributed by atoms with Gasteiger partial charge in [-0.3, -0.25) is 4.90 Å². The van der Waals surface area contributed by atoms with E-state index in [0.717, 1.165) is 12.8 Å². The molecule has 0 aromatic rings. The normalized spacial score (nSPS) is 24.7. The van der Waals surface area contributed by atoms with Crippen LogP contribution >= 0.6 is 0 Å². The molecule has 0 amide bonds. The Labute approximate surface area is 76.9 Å². The summed E-state index contributed by atoms with van der Waals surface area (Å²) in [6, 6.07) is 0. The second-order valence-electron chi connectivity index (χ2n) is 4.56. The van der Waals surface area contributed by atoms with E-state index in [2.05, 4.69) is 13.8 Å². The topological polar surface area (TPSA) is 3.24 Å². The van der Waals surface area contributed by atoms with Crippen molar-refractivity contribution in [3.63, 3.8) is 0 Å². The van der Waals surface area contributed by atoms with Crippen LogP contribution in [0.1, 0.15) is 26.7 Å². The molecular formula is C9H16F3N. The largest absolute Gasteiger partial charge is 0.401 e.